The lowest BCUT2D eigenvalue weighted by atomic mass is 9.88. The average molecular weight is 701 g/mol. The maximum absolute atomic E-state index is 5.37. The molecule has 0 amide bonds. The molecule has 8 aromatic carbocycles. The predicted molar refractivity (Wildman–Crippen MR) is 228 cm³/mol. The number of hydrogen-bond donors (Lipinski definition) is 0. The van der Waals surface area contributed by atoms with E-state index >= 15 is 0 Å². The Morgan fingerprint density at radius 2 is 0.982 bits per heavy atom. The SMILES string of the molecule is c1ccc(-c2cc3cc(-c4ccc(-c5cc6cccnc6c6ncccc56)c5ccccc45)ccc3c3c2c(-c2ccccc2)nn3-c2ccccc2)cc1. The van der Waals surface area contributed by atoms with E-state index in [9.17, 15) is 0 Å². The molecular weight excluding hydrogens is 669 g/mol. The minimum absolute atomic E-state index is 0.920. The van der Waals surface area contributed by atoms with Gasteiger partial charge in [0, 0.05) is 39.5 Å². The van der Waals surface area contributed by atoms with Gasteiger partial charge in [0.15, 0.2) is 0 Å². The molecule has 0 saturated carbocycles. The molecule has 0 bridgehead atoms. The molecule has 11 rings (SSSR count). The fraction of sp³-hybridized carbons (Fsp3) is 0. The van der Waals surface area contributed by atoms with E-state index < -0.39 is 0 Å². The largest absolute Gasteiger partial charge is 0.254 e. The highest BCUT2D eigenvalue weighted by molar-refractivity contribution is 6.19. The fourth-order valence-electron chi connectivity index (χ4n) is 8.40. The lowest BCUT2D eigenvalue weighted by Gasteiger charge is -2.16. The molecule has 0 N–H and O–H groups in total. The summed E-state index contributed by atoms with van der Waals surface area (Å²) in [6.07, 6.45) is 3.70. The van der Waals surface area contributed by atoms with Gasteiger partial charge in [-0.2, -0.15) is 5.10 Å². The van der Waals surface area contributed by atoms with Gasteiger partial charge in [-0.3, -0.25) is 9.97 Å². The maximum Gasteiger partial charge on any atom is 0.101 e. The summed E-state index contributed by atoms with van der Waals surface area (Å²) in [6.45, 7) is 0. The second kappa shape index (κ2) is 12.6. The van der Waals surface area contributed by atoms with Crippen molar-refractivity contribution in [1.82, 2.24) is 19.7 Å². The summed E-state index contributed by atoms with van der Waals surface area (Å²) in [7, 11) is 0. The van der Waals surface area contributed by atoms with Crippen LogP contribution in [0.25, 0.3) is 105 Å². The van der Waals surface area contributed by atoms with Gasteiger partial charge in [0.1, 0.15) is 5.69 Å². The molecule has 4 heteroatoms. The number of nitrogens with zero attached hydrogens (tertiary/aromatic N) is 4. The number of pyridine rings is 2. The highest BCUT2D eigenvalue weighted by Gasteiger charge is 2.22. The molecule has 0 unspecified atom stereocenters. The number of fused-ring (bicyclic) bond motifs is 7. The number of para-hydroxylation sites is 1. The van der Waals surface area contributed by atoms with Gasteiger partial charge in [-0.15, -0.1) is 0 Å². The molecule has 4 nitrogen and oxygen atoms in total. The molecule has 0 aliphatic heterocycles. The molecule has 11 aromatic rings. The van der Waals surface area contributed by atoms with E-state index in [-0.39, 0.29) is 0 Å². The third-order valence-corrected chi connectivity index (χ3v) is 10.9. The van der Waals surface area contributed by atoms with Gasteiger partial charge in [0.2, 0.25) is 0 Å². The minimum atomic E-state index is 0.920. The first-order valence-corrected chi connectivity index (χ1v) is 18.6. The monoisotopic (exact) mass is 700 g/mol. The highest BCUT2D eigenvalue weighted by atomic mass is 15.3. The Morgan fingerprint density at radius 1 is 0.364 bits per heavy atom. The van der Waals surface area contributed by atoms with Gasteiger partial charge < -0.3 is 0 Å². The molecule has 3 heterocycles. The van der Waals surface area contributed by atoms with Crippen molar-refractivity contribution < 1.29 is 0 Å². The van der Waals surface area contributed by atoms with Crippen molar-refractivity contribution in [3.8, 4) is 50.3 Å². The van der Waals surface area contributed by atoms with E-state index in [0.29, 0.717) is 0 Å². The van der Waals surface area contributed by atoms with Crippen LogP contribution in [0.2, 0.25) is 0 Å². The van der Waals surface area contributed by atoms with Crippen LogP contribution in [0.15, 0.2) is 194 Å². The van der Waals surface area contributed by atoms with Crippen LogP contribution in [0.4, 0.5) is 0 Å². The van der Waals surface area contributed by atoms with Crippen molar-refractivity contribution in [2.24, 2.45) is 0 Å². The van der Waals surface area contributed by atoms with Crippen LogP contribution >= 0.6 is 0 Å². The highest BCUT2D eigenvalue weighted by Crippen LogP contribution is 2.44. The summed E-state index contributed by atoms with van der Waals surface area (Å²) in [5.41, 5.74) is 13.0. The van der Waals surface area contributed by atoms with Crippen LogP contribution in [0.3, 0.4) is 0 Å². The van der Waals surface area contributed by atoms with Crippen LogP contribution in [-0.2, 0) is 0 Å². The summed E-state index contributed by atoms with van der Waals surface area (Å²) in [5.74, 6) is 0. The van der Waals surface area contributed by atoms with Gasteiger partial charge in [0.05, 0.1) is 22.2 Å². The maximum atomic E-state index is 5.37. The Labute approximate surface area is 317 Å². The first-order chi connectivity index (χ1) is 27.3. The van der Waals surface area contributed by atoms with Crippen molar-refractivity contribution in [1.29, 1.82) is 0 Å². The van der Waals surface area contributed by atoms with Gasteiger partial charge in [-0.05, 0) is 92.0 Å². The molecular formula is C51H32N4. The number of rotatable bonds is 5. The van der Waals surface area contributed by atoms with Crippen LogP contribution in [0, 0.1) is 0 Å². The molecule has 0 spiro atoms. The first-order valence-electron chi connectivity index (χ1n) is 18.6. The second-order valence-electron chi connectivity index (χ2n) is 14.0. The fourth-order valence-corrected chi connectivity index (χ4v) is 8.40. The predicted octanol–water partition coefficient (Wildman–Crippen LogP) is 13.1. The Bertz CT molecular complexity index is 3240. The van der Waals surface area contributed by atoms with Gasteiger partial charge in [-0.25, -0.2) is 4.68 Å². The Kier molecular flexibility index (Phi) is 7.14. The smallest absolute Gasteiger partial charge is 0.101 e. The third kappa shape index (κ3) is 5.03. The number of hydrogen-bond acceptors (Lipinski definition) is 3. The molecule has 0 saturated heterocycles. The van der Waals surface area contributed by atoms with Crippen LogP contribution in [-0.4, -0.2) is 19.7 Å². The first kappa shape index (κ1) is 31.1. The van der Waals surface area contributed by atoms with Crippen molar-refractivity contribution >= 4 is 54.3 Å². The lowest BCUT2D eigenvalue weighted by molar-refractivity contribution is 0.918. The lowest BCUT2D eigenvalue weighted by Crippen LogP contribution is -1.97. The summed E-state index contributed by atoms with van der Waals surface area (Å²) in [4.78, 5) is 9.50. The van der Waals surface area contributed by atoms with E-state index in [1.165, 1.54) is 21.9 Å². The summed E-state index contributed by atoms with van der Waals surface area (Å²) in [5, 5.41) is 13.4. The summed E-state index contributed by atoms with van der Waals surface area (Å²) in [6, 6.07) is 64.9. The van der Waals surface area contributed by atoms with Gasteiger partial charge in [-0.1, -0.05) is 140 Å². The zero-order valence-electron chi connectivity index (χ0n) is 29.8. The molecule has 0 fully saturated rings. The van der Waals surface area contributed by atoms with Gasteiger partial charge >= 0.3 is 0 Å². The molecule has 0 aliphatic carbocycles. The summed E-state index contributed by atoms with van der Waals surface area (Å²) >= 11 is 0. The standard InChI is InChI=1S/C51H32N4/c1-4-14-33(15-5-1)45-32-37-30-35(24-25-40(37)51-47(45)48(34-16-6-2-7-17-34)54-55(51)38-19-8-3-9-20-38)39-26-27-43(42-22-11-10-21-41(39)42)46-31-36-18-12-28-52-49(36)50-44(46)23-13-29-53-50/h1-32H. The Balaban J connectivity index is 1.17. The zero-order valence-corrected chi connectivity index (χ0v) is 29.8. The zero-order chi connectivity index (χ0) is 36.3. The van der Waals surface area contributed by atoms with E-state index in [0.717, 1.165) is 82.7 Å². The van der Waals surface area contributed by atoms with Crippen LogP contribution < -0.4 is 0 Å². The van der Waals surface area contributed by atoms with Crippen molar-refractivity contribution in [3.63, 3.8) is 0 Å². The summed E-state index contributed by atoms with van der Waals surface area (Å²) < 4.78 is 2.13. The quantitative estimate of drug-likeness (QED) is 0.168. The molecule has 55 heavy (non-hydrogen) atoms. The molecule has 0 aliphatic rings. The topological polar surface area (TPSA) is 43.6 Å². The second-order valence-corrected chi connectivity index (χ2v) is 14.0. The number of benzene rings is 8. The van der Waals surface area contributed by atoms with Crippen LogP contribution in [0.1, 0.15) is 0 Å². The van der Waals surface area contributed by atoms with Crippen molar-refractivity contribution in [3.05, 3.63) is 194 Å². The van der Waals surface area contributed by atoms with Crippen molar-refractivity contribution in [2.75, 3.05) is 0 Å². The molecule has 0 radical (unpaired) electrons. The van der Waals surface area contributed by atoms with E-state index in [1.54, 1.807) is 0 Å². The van der Waals surface area contributed by atoms with Crippen LogP contribution in [0.5, 0.6) is 0 Å². The molecule has 3 aromatic heterocycles. The van der Waals surface area contributed by atoms with Gasteiger partial charge in [0.25, 0.3) is 0 Å². The minimum Gasteiger partial charge on any atom is -0.254 e. The average Bonchev–Trinajstić information content (AvgIpc) is 3.67. The van der Waals surface area contributed by atoms with E-state index in [1.807, 2.05) is 24.5 Å². The molecule has 256 valence electrons. The van der Waals surface area contributed by atoms with E-state index in [4.69, 9.17) is 15.1 Å². The Hall–Kier alpha value is -7.43. The van der Waals surface area contributed by atoms with Crippen molar-refractivity contribution in [2.45, 2.75) is 0 Å². The normalized spacial score (nSPS) is 11.6. The van der Waals surface area contributed by atoms with E-state index in [2.05, 4.69) is 175 Å². The Morgan fingerprint density at radius 3 is 1.76 bits per heavy atom. The molecule has 0 atom stereocenters. The third-order valence-electron chi connectivity index (χ3n) is 10.9. The number of aromatic nitrogens is 4.